The third kappa shape index (κ3) is 2.55. The lowest BCUT2D eigenvalue weighted by Gasteiger charge is -2.32. The van der Waals surface area contributed by atoms with Crippen molar-refractivity contribution in [2.24, 2.45) is 4.99 Å². The van der Waals surface area contributed by atoms with E-state index in [0.717, 1.165) is 11.4 Å². The first kappa shape index (κ1) is 11.9. The number of rotatable bonds is 1. The Hall–Kier alpha value is -1.62. The van der Waals surface area contributed by atoms with Crippen LogP contribution in [0.1, 0.15) is 26.3 Å². The lowest BCUT2D eigenvalue weighted by atomic mass is 10.2. The van der Waals surface area contributed by atoms with Gasteiger partial charge in [0.1, 0.15) is 6.67 Å². The summed E-state index contributed by atoms with van der Waals surface area (Å²) in [6, 6.07) is 3.77. The van der Waals surface area contributed by atoms with Crippen LogP contribution in [0.15, 0.2) is 23.3 Å². The fourth-order valence-electron chi connectivity index (χ4n) is 1.62. The molecule has 0 saturated heterocycles. The summed E-state index contributed by atoms with van der Waals surface area (Å²) in [5, 5.41) is 1.69. The largest absolute Gasteiger partial charge is 0.481 e. The summed E-state index contributed by atoms with van der Waals surface area (Å²) < 4.78 is 5.22. The number of hydrogen-bond acceptors (Lipinski definition) is 5. The van der Waals surface area contributed by atoms with Gasteiger partial charge in [-0.1, -0.05) is 0 Å². The second-order valence-corrected chi connectivity index (χ2v) is 4.77. The maximum atomic E-state index is 5.81. The molecule has 0 N–H and O–H groups in total. The highest BCUT2D eigenvalue weighted by Crippen LogP contribution is 2.25. The number of aromatic nitrogens is 1. The molecular weight excluding hydrogens is 218 g/mol. The molecule has 0 bridgehead atoms. The van der Waals surface area contributed by atoms with Crippen molar-refractivity contribution in [3.63, 3.8) is 0 Å². The maximum absolute atomic E-state index is 5.81. The van der Waals surface area contributed by atoms with Gasteiger partial charge in [-0.2, -0.15) is 0 Å². The molecule has 5 nitrogen and oxygen atoms in total. The number of pyridine rings is 1. The van der Waals surface area contributed by atoms with Gasteiger partial charge in [-0.3, -0.25) is 4.84 Å². The third-order valence-corrected chi connectivity index (χ3v) is 2.17. The van der Waals surface area contributed by atoms with Crippen LogP contribution >= 0.6 is 0 Å². The van der Waals surface area contributed by atoms with Crippen LogP contribution in [0.4, 0.5) is 5.82 Å². The van der Waals surface area contributed by atoms with Crippen molar-refractivity contribution in [3.05, 3.63) is 23.9 Å². The van der Waals surface area contributed by atoms with E-state index in [0.29, 0.717) is 12.6 Å². The Balaban J connectivity index is 2.33. The van der Waals surface area contributed by atoms with Gasteiger partial charge in [0.25, 0.3) is 0 Å². The zero-order valence-corrected chi connectivity index (χ0v) is 10.6. The molecule has 0 amide bonds. The Labute approximate surface area is 101 Å². The van der Waals surface area contributed by atoms with E-state index in [1.807, 2.05) is 32.9 Å². The molecule has 2 rings (SSSR count). The number of anilines is 1. The minimum Gasteiger partial charge on any atom is -0.481 e. The first-order valence-electron chi connectivity index (χ1n) is 5.52. The Bertz CT molecular complexity index is 438. The SMILES string of the molecule is COC1=NCN(OC(C)(C)C)c2ncccc21. The van der Waals surface area contributed by atoms with E-state index in [1.165, 1.54) is 0 Å². The summed E-state index contributed by atoms with van der Waals surface area (Å²) in [6.45, 7) is 6.37. The summed E-state index contributed by atoms with van der Waals surface area (Å²) in [5.74, 6) is 1.34. The summed E-state index contributed by atoms with van der Waals surface area (Å²) in [5.41, 5.74) is 0.569. The van der Waals surface area contributed by atoms with Crippen LogP contribution in [0.3, 0.4) is 0 Å². The Morgan fingerprint density at radius 2 is 2.12 bits per heavy atom. The van der Waals surface area contributed by atoms with Gasteiger partial charge in [-0.15, -0.1) is 0 Å². The van der Waals surface area contributed by atoms with Crippen LogP contribution in [-0.4, -0.2) is 30.3 Å². The Morgan fingerprint density at radius 1 is 1.35 bits per heavy atom. The summed E-state index contributed by atoms with van der Waals surface area (Å²) in [6.07, 6.45) is 1.73. The molecule has 0 saturated carbocycles. The number of aliphatic imine (C=N–C) groups is 1. The van der Waals surface area contributed by atoms with Crippen LogP contribution in [0.5, 0.6) is 0 Å². The van der Waals surface area contributed by atoms with Crippen molar-refractivity contribution in [2.75, 3.05) is 18.8 Å². The van der Waals surface area contributed by atoms with E-state index in [1.54, 1.807) is 18.4 Å². The molecular formula is C12H17N3O2. The van der Waals surface area contributed by atoms with Gasteiger partial charge >= 0.3 is 0 Å². The monoisotopic (exact) mass is 235 g/mol. The number of hydrogen-bond donors (Lipinski definition) is 0. The normalized spacial score (nSPS) is 15.3. The van der Waals surface area contributed by atoms with Gasteiger partial charge < -0.3 is 4.74 Å². The molecule has 0 aromatic carbocycles. The van der Waals surface area contributed by atoms with E-state index in [9.17, 15) is 0 Å². The van der Waals surface area contributed by atoms with Crippen LogP contribution in [0.25, 0.3) is 0 Å². The van der Waals surface area contributed by atoms with Gasteiger partial charge in [0, 0.05) is 6.20 Å². The zero-order chi connectivity index (χ0) is 12.5. The average molecular weight is 235 g/mol. The summed E-state index contributed by atoms with van der Waals surface area (Å²) in [4.78, 5) is 14.4. The predicted octanol–water partition coefficient (Wildman–Crippen LogP) is 1.98. The topological polar surface area (TPSA) is 47.0 Å². The van der Waals surface area contributed by atoms with E-state index >= 15 is 0 Å². The van der Waals surface area contributed by atoms with Crippen LogP contribution in [-0.2, 0) is 9.57 Å². The molecule has 0 spiro atoms. The quantitative estimate of drug-likeness (QED) is 0.746. The minimum absolute atomic E-state index is 0.283. The van der Waals surface area contributed by atoms with E-state index < -0.39 is 0 Å². The molecule has 2 heterocycles. The maximum Gasteiger partial charge on any atom is 0.221 e. The van der Waals surface area contributed by atoms with Crippen LogP contribution < -0.4 is 5.06 Å². The molecule has 1 aromatic rings. The zero-order valence-electron chi connectivity index (χ0n) is 10.6. The highest BCUT2D eigenvalue weighted by Gasteiger charge is 2.26. The van der Waals surface area contributed by atoms with Crippen molar-refractivity contribution in [1.82, 2.24) is 4.98 Å². The summed E-state index contributed by atoms with van der Waals surface area (Å²) >= 11 is 0. The molecule has 0 unspecified atom stereocenters. The van der Waals surface area contributed by atoms with Crippen molar-refractivity contribution in [2.45, 2.75) is 26.4 Å². The fraction of sp³-hybridized carbons (Fsp3) is 0.500. The number of nitrogens with zero attached hydrogens (tertiary/aromatic N) is 3. The predicted molar refractivity (Wildman–Crippen MR) is 66.0 cm³/mol. The molecule has 0 radical (unpaired) electrons. The van der Waals surface area contributed by atoms with Crippen molar-refractivity contribution >= 4 is 11.7 Å². The molecule has 0 fully saturated rings. The average Bonchev–Trinajstić information content (AvgIpc) is 2.28. The highest BCUT2D eigenvalue weighted by molar-refractivity contribution is 5.99. The van der Waals surface area contributed by atoms with Gasteiger partial charge in [0.05, 0.1) is 18.3 Å². The molecule has 5 heteroatoms. The standard InChI is InChI=1S/C12H17N3O2/c1-12(2,3)17-15-8-14-11(16-4)9-6-5-7-13-10(9)15/h5-7H,8H2,1-4H3. The van der Waals surface area contributed by atoms with Gasteiger partial charge in [-0.05, 0) is 32.9 Å². The minimum atomic E-state index is -0.283. The van der Waals surface area contributed by atoms with Crippen LogP contribution in [0.2, 0.25) is 0 Å². The second-order valence-electron chi connectivity index (χ2n) is 4.77. The van der Waals surface area contributed by atoms with E-state index in [4.69, 9.17) is 9.57 Å². The summed E-state index contributed by atoms with van der Waals surface area (Å²) in [7, 11) is 1.61. The highest BCUT2D eigenvalue weighted by atomic mass is 16.7. The smallest absolute Gasteiger partial charge is 0.221 e. The fourth-order valence-corrected chi connectivity index (χ4v) is 1.62. The lowest BCUT2D eigenvalue weighted by molar-refractivity contribution is -0.0221. The molecule has 17 heavy (non-hydrogen) atoms. The van der Waals surface area contributed by atoms with E-state index in [2.05, 4.69) is 9.98 Å². The molecule has 92 valence electrons. The van der Waals surface area contributed by atoms with Crippen molar-refractivity contribution in [3.8, 4) is 0 Å². The third-order valence-electron chi connectivity index (χ3n) is 2.17. The van der Waals surface area contributed by atoms with Crippen molar-refractivity contribution in [1.29, 1.82) is 0 Å². The van der Waals surface area contributed by atoms with Gasteiger partial charge in [-0.25, -0.2) is 15.0 Å². The number of methoxy groups -OCH3 is 1. The number of ether oxygens (including phenoxy) is 1. The molecule has 1 aromatic heterocycles. The van der Waals surface area contributed by atoms with Crippen molar-refractivity contribution < 1.29 is 9.57 Å². The Kier molecular flexibility index (Phi) is 3.02. The van der Waals surface area contributed by atoms with Crippen LogP contribution in [0, 0.1) is 0 Å². The van der Waals surface area contributed by atoms with Gasteiger partial charge in [0.15, 0.2) is 5.82 Å². The lowest BCUT2D eigenvalue weighted by Crippen LogP contribution is -2.38. The molecule has 0 atom stereocenters. The molecule has 1 aliphatic heterocycles. The number of hydroxylamine groups is 1. The molecule has 0 aliphatic carbocycles. The second kappa shape index (κ2) is 4.33. The first-order valence-corrected chi connectivity index (χ1v) is 5.52. The number of fused-ring (bicyclic) bond motifs is 1. The van der Waals surface area contributed by atoms with Gasteiger partial charge in [0.2, 0.25) is 5.90 Å². The molecule has 1 aliphatic rings. The Morgan fingerprint density at radius 3 is 2.76 bits per heavy atom. The first-order chi connectivity index (χ1) is 8.01. The van der Waals surface area contributed by atoms with E-state index in [-0.39, 0.29) is 5.60 Å².